The average Bonchev–Trinajstić information content (AvgIpc) is 2.40. The van der Waals surface area contributed by atoms with Crippen molar-refractivity contribution in [2.24, 2.45) is 5.92 Å². The Labute approximate surface area is 111 Å². The summed E-state index contributed by atoms with van der Waals surface area (Å²) in [5, 5.41) is 0. The Morgan fingerprint density at radius 3 is 2.50 bits per heavy atom. The van der Waals surface area contributed by atoms with Gasteiger partial charge in [0, 0.05) is 19.5 Å². The number of rotatable bonds is 5. The van der Waals surface area contributed by atoms with Crippen molar-refractivity contribution in [1.82, 2.24) is 9.80 Å². The van der Waals surface area contributed by atoms with Gasteiger partial charge in [0.2, 0.25) is 0 Å². The van der Waals surface area contributed by atoms with E-state index in [0.717, 1.165) is 38.5 Å². The van der Waals surface area contributed by atoms with Gasteiger partial charge in [-0.1, -0.05) is 0 Å². The highest BCUT2D eigenvalue weighted by molar-refractivity contribution is 4.72. The van der Waals surface area contributed by atoms with Crippen molar-refractivity contribution in [1.29, 1.82) is 0 Å². The molecule has 0 aromatic heterocycles. The fraction of sp³-hybridized carbons (Fsp3) is 1.00. The summed E-state index contributed by atoms with van der Waals surface area (Å²) in [6, 6.07) is 0. The highest BCUT2D eigenvalue weighted by atomic mass is 16.7. The maximum absolute atomic E-state index is 5.58. The summed E-state index contributed by atoms with van der Waals surface area (Å²) in [4.78, 5) is 4.87. The molecule has 4 heteroatoms. The van der Waals surface area contributed by atoms with E-state index in [1.807, 2.05) is 0 Å². The number of nitrogens with zero attached hydrogens (tertiary/aromatic N) is 2. The zero-order valence-corrected chi connectivity index (χ0v) is 11.9. The number of hydrogen-bond donors (Lipinski definition) is 0. The van der Waals surface area contributed by atoms with E-state index in [9.17, 15) is 0 Å². The van der Waals surface area contributed by atoms with E-state index in [-0.39, 0.29) is 6.29 Å². The summed E-state index contributed by atoms with van der Waals surface area (Å²) >= 11 is 0. The standard InChI is InChI=1S/C14H28N2O2/c1-15-7-4-13(5-8-15)12-16(2)9-6-14-17-10-3-11-18-14/h13-14H,3-12H2,1-2H3. The molecule has 0 amide bonds. The lowest BCUT2D eigenvalue weighted by Crippen LogP contribution is -2.37. The van der Waals surface area contributed by atoms with Crippen molar-refractivity contribution in [3.05, 3.63) is 0 Å². The van der Waals surface area contributed by atoms with Gasteiger partial charge in [-0.2, -0.15) is 0 Å². The van der Waals surface area contributed by atoms with E-state index in [1.54, 1.807) is 0 Å². The van der Waals surface area contributed by atoms with E-state index >= 15 is 0 Å². The van der Waals surface area contributed by atoms with Gasteiger partial charge in [0.05, 0.1) is 13.2 Å². The Balaban J connectivity index is 1.58. The summed E-state index contributed by atoms with van der Waals surface area (Å²) in [5.74, 6) is 0.874. The smallest absolute Gasteiger partial charge is 0.158 e. The quantitative estimate of drug-likeness (QED) is 0.742. The molecule has 2 saturated heterocycles. The van der Waals surface area contributed by atoms with Crippen molar-refractivity contribution >= 4 is 0 Å². The molecule has 2 fully saturated rings. The van der Waals surface area contributed by atoms with Crippen LogP contribution >= 0.6 is 0 Å². The lowest BCUT2D eigenvalue weighted by molar-refractivity contribution is -0.182. The number of likely N-dealkylation sites (tertiary alicyclic amines) is 1. The van der Waals surface area contributed by atoms with Gasteiger partial charge in [-0.15, -0.1) is 0 Å². The van der Waals surface area contributed by atoms with Gasteiger partial charge < -0.3 is 19.3 Å². The lowest BCUT2D eigenvalue weighted by atomic mass is 9.97. The van der Waals surface area contributed by atoms with Crippen molar-refractivity contribution in [2.45, 2.75) is 32.0 Å². The van der Waals surface area contributed by atoms with Crippen LogP contribution in [0.5, 0.6) is 0 Å². The first-order valence-corrected chi connectivity index (χ1v) is 7.34. The molecule has 0 N–H and O–H groups in total. The fourth-order valence-corrected chi connectivity index (χ4v) is 2.81. The minimum atomic E-state index is 0.0405. The van der Waals surface area contributed by atoms with Crippen molar-refractivity contribution in [3.63, 3.8) is 0 Å². The molecule has 2 aliphatic heterocycles. The summed E-state index contributed by atoms with van der Waals surface area (Å²) in [6.07, 6.45) is 4.78. The monoisotopic (exact) mass is 256 g/mol. The zero-order valence-electron chi connectivity index (χ0n) is 11.9. The van der Waals surface area contributed by atoms with Crippen LogP contribution in [0.4, 0.5) is 0 Å². The predicted octanol–water partition coefficient (Wildman–Crippen LogP) is 1.41. The van der Waals surface area contributed by atoms with E-state index in [1.165, 1.54) is 32.5 Å². The largest absolute Gasteiger partial charge is 0.353 e. The van der Waals surface area contributed by atoms with Crippen LogP contribution in [-0.2, 0) is 9.47 Å². The topological polar surface area (TPSA) is 24.9 Å². The second-order valence-electron chi connectivity index (χ2n) is 5.82. The molecule has 0 aromatic carbocycles. The second kappa shape index (κ2) is 7.43. The molecule has 0 aliphatic carbocycles. The lowest BCUT2D eigenvalue weighted by Gasteiger charge is -2.32. The molecule has 0 aromatic rings. The molecular weight excluding hydrogens is 228 g/mol. The average molecular weight is 256 g/mol. The summed E-state index contributed by atoms with van der Waals surface area (Å²) in [6.45, 7) is 6.55. The molecule has 106 valence electrons. The molecule has 0 atom stereocenters. The van der Waals surface area contributed by atoms with Gasteiger partial charge >= 0.3 is 0 Å². The summed E-state index contributed by atoms with van der Waals surface area (Å²) < 4.78 is 11.2. The van der Waals surface area contributed by atoms with Crippen LogP contribution in [0.1, 0.15) is 25.7 Å². The van der Waals surface area contributed by atoms with Crippen molar-refractivity contribution in [2.75, 3.05) is 53.5 Å². The molecule has 2 rings (SSSR count). The summed E-state index contributed by atoms with van der Waals surface area (Å²) in [7, 11) is 4.44. The van der Waals surface area contributed by atoms with Gasteiger partial charge in [0.15, 0.2) is 6.29 Å². The molecule has 0 saturated carbocycles. The van der Waals surface area contributed by atoms with Gasteiger partial charge in [-0.25, -0.2) is 0 Å². The molecule has 18 heavy (non-hydrogen) atoms. The normalized spacial score (nSPS) is 24.8. The molecule has 4 nitrogen and oxygen atoms in total. The fourth-order valence-electron chi connectivity index (χ4n) is 2.81. The Kier molecular flexibility index (Phi) is 5.89. The Morgan fingerprint density at radius 1 is 1.17 bits per heavy atom. The van der Waals surface area contributed by atoms with E-state index < -0.39 is 0 Å². The zero-order chi connectivity index (χ0) is 12.8. The van der Waals surface area contributed by atoms with Crippen LogP contribution in [-0.4, -0.2) is 69.6 Å². The number of hydrogen-bond acceptors (Lipinski definition) is 4. The Hall–Kier alpha value is -0.160. The van der Waals surface area contributed by atoms with Crippen molar-refractivity contribution < 1.29 is 9.47 Å². The number of piperidine rings is 1. The highest BCUT2D eigenvalue weighted by Crippen LogP contribution is 2.17. The molecule has 2 heterocycles. The molecular formula is C14H28N2O2. The third-order valence-electron chi connectivity index (χ3n) is 4.05. The third kappa shape index (κ3) is 4.84. The summed E-state index contributed by atoms with van der Waals surface area (Å²) in [5.41, 5.74) is 0. The number of ether oxygens (including phenoxy) is 2. The van der Waals surface area contributed by atoms with E-state index in [0.29, 0.717) is 0 Å². The van der Waals surface area contributed by atoms with Gasteiger partial charge in [-0.3, -0.25) is 0 Å². The van der Waals surface area contributed by atoms with Crippen LogP contribution < -0.4 is 0 Å². The minimum Gasteiger partial charge on any atom is -0.353 e. The third-order valence-corrected chi connectivity index (χ3v) is 4.05. The highest BCUT2D eigenvalue weighted by Gasteiger charge is 2.19. The first-order valence-electron chi connectivity index (χ1n) is 7.34. The Bertz CT molecular complexity index is 224. The second-order valence-corrected chi connectivity index (χ2v) is 5.82. The van der Waals surface area contributed by atoms with Crippen molar-refractivity contribution in [3.8, 4) is 0 Å². The van der Waals surface area contributed by atoms with E-state index in [2.05, 4.69) is 23.9 Å². The van der Waals surface area contributed by atoms with Crippen LogP contribution in [0, 0.1) is 5.92 Å². The van der Waals surface area contributed by atoms with Crippen LogP contribution in [0.25, 0.3) is 0 Å². The van der Waals surface area contributed by atoms with Gasteiger partial charge in [0.25, 0.3) is 0 Å². The van der Waals surface area contributed by atoms with Crippen LogP contribution in [0.2, 0.25) is 0 Å². The maximum Gasteiger partial charge on any atom is 0.158 e. The van der Waals surface area contributed by atoms with Gasteiger partial charge in [-0.05, 0) is 52.4 Å². The predicted molar refractivity (Wildman–Crippen MR) is 72.6 cm³/mol. The molecule has 2 aliphatic rings. The SMILES string of the molecule is CN1CCC(CN(C)CCC2OCCCO2)CC1. The Morgan fingerprint density at radius 2 is 1.83 bits per heavy atom. The first kappa shape index (κ1) is 14.3. The van der Waals surface area contributed by atoms with Gasteiger partial charge in [0.1, 0.15) is 0 Å². The van der Waals surface area contributed by atoms with Crippen LogP contribution in [0.3, 0.4) is 0 Å². The molecule has 0 radical (unpaired) electrons. The molecule has 0 spiro atoms. The van der Waals surface area contributed by atoms with E-state index in [4.69, 9.17) is 9.47 Å². The first-order chi connectivity index (χ1) is 8.74. The maximum atomic E-state index is 5.58. The van der Waals surface area contributed by atoms with Crippen LogP contribution in [0.15, 0.2) is 0 Å². The minimum absolute atomic E-state index is 0.0405. The molecule has 0 bridgehead atoms. The molecule has 0 unspecified atom stereocenters.